The SMILES string of the molecule is Cc1ccc(C=CC(=O)NS(=O)(=O)CC(C)C)o1. The van der Waals surface area contributed by atoms with Crippen molar-refractivity contribution in [3.8, 4) is 0 Å². The Balaban J connectivity index is 2.59. The van der Waals surface area contributed by atoms with Crippen molar-refractivity contribution in [3.05, 3.63) is 29.7 Å². The summed E-state index contributed by atoms with van der Waals surface area (Å²) in [5.74, 6) is 0.440. The number of hydrogen-bond acceptors (Lipinski definition) is 4. The zero-order chi connectivity index (χ0) is 13.8. The van der Waals surface area contributed by atoms with Crippen molar-refractivity contribution in [1.29, 1.82) is 0 Å². The summed E-state index contributed by atoms with van der Waals surface area (Å²) < 4.78 is 30.1. The molecule has 1 aromatic heterocycles. The lowest BCUT2D eigenvalue weighted by molar-refractivity contribution is -0.114. The Morgan fingerprint density at radius 1 is 1.44 bits per heavy atom. The van der Waals surface area contributed by atoms with E-state index in [1.807, 2.05) is 4.72 Å². The minimum Gasteiger partial charge on any atom is -0.462 e. The van der Waals surface area contributed by atoms with E-state index in [1.165, 1.54) is 6.08 Å². The average molecular weight is 271 g/mol. The van der Waals surface area contributed by atoms with Crippen molar-refractivity contribution < 1.29 is 17.6 Å². The second-order valence-corrected chi connectivity index (χ2v) is 6.19. The van der Waals surface area contributed by atoms with E-state index >= 15 is 0 Å². The van der Waals surface area contributed by atoms with Crippen LogP contribution < -0.4 is 4.72 Å². The zero-order valence-electron chi connectivity index (χ0n) is 10.6. The maximum atomic E-state index is 11.5. The summed E-state index contributed by atoms with van der Waals surface area (Å²) in [7, 11) is -3.56. The summed E-state index contributed by atoms with van der Waals surface area (Å²) in [6.07, 6.45) is 2.56. The van der Waals surface area contributed by atoms with Gasteiger partial charge in [0.2, 0.25) is 10.0 Å². The van der Waals surface area contributed by atoms with Gasteiger partial charge < -0.3 is 4.42 Å². The molecule has 18 heavy (non-hydrogen) atoms. The van der Waals surface area contributed by atoms with Crippen molar-refractivity contribution in [2.75, 3.05) is 5.75 Å². The first-order chi connectivity index (χ1) is 8.28. The summed E-state index contributed by atoms with van der Waals surface area (Å²) in [6, 6.07) is 3.45. The van der Waals surface area contributed by atoms with Crippen LogP contribution in [0, 0.1) is 12.8 Å². The molecule has 100 valence electrons. The van der Waals surface area contributed by atoms with Crippen LogP contribution in [0.4, 0.5) is 0 Å². The highest BCUT2D eigenvalue weighted by Crippen LogP contribution is 2.07. The molecule has 0 aliphatic carbocycles. The van der Waals surface area contributed by atoms with Gasteiger partial charge in [-0.05, 0) is 31.1 Å². The van der Waals surface area contributed by atoms with Gasteiger partial charge in [-0.15, -0.1) is 0 Å². The lowest BCUT2D eigenvalue weighted by Crippen LogP contribution is -2.32. The minimum absolute atomic E-state index is 0.0352. The number of sulfonamides is 1. The fraction of sp³-hybridized carbons (Fsp3) is 0.417. The molecule has 0 atom stereocenters. The predicted octanol–water partition coefficient (Wildman–Crippen LogP) is 1.70. The van der Waals surface area contributed by atoms with Gasteiger partial charge in [0.25, 0.3) is 5.91 Å². The third-order valence-electron chi connectivity index (χ3n) is 1.97. The number of rotatable bonds is 5. The van der Waals surface area contributed by atoms with Crippen LogP contribution in [-0.2, 0) is 14.8 Å². The highest BCUT2D eigenvalue weighted by atomic mass is 32.2. The summed E-state index contributed by atoms with van der Waals surface area (Å²) >= 11 is 0. The summed E-state index contributed by atoms with van der Waals surface area (Å²) in [5, 5.41) is 0. The number of carbonyl (C=O) groups excluding carboxylic acids is 1. The lowest BCUT2D eigenvalue weighted by Gasteiger charge is -2.06. The topological polar surface area (TPSA) is 76.4 Å². The first-order valence-corrected chi connectivity index (χ1v) is 7.23. The molecule has 0 aliphatic heterocycles. The van der Waals surface area contributed by atoms with Crippen LogP contribution >= 0.6 is 0 Å². The highest BCUT2D eigenvalue weighted by molar-refractivity contribution is 7.90. The van der Waals surface area contributed by atoms with Gasteiger partial charge in [0.05, 0.1) is 5.75 Å². The molecule has 5 nitrogen and oxygen atoms in total. The molecule has 0 saturated carbocycles. The van der Waals surface area contributed by atoms with Gasteiger partial charge in [0.15, 0.2) is 0 Å². The monoisotopic (exact) mass is 271 g/mol. The maximum Gasteiger partial charge on any atom is 0.257 e. The van der Waals surface area contributed by atoms with Crippen molar-refractivity contribution in [1.82, 2.24) is 4.72 Å². The van der Waals surface area contributed by atoms with Crippen LogP contribution in [0.15, 0.2) is 22.6 Å². The number of furan rings is 1. The quantitative estimate of drug-likeness (QED) is 0.827. The van der Waals surface area contributed by atoms with E-state index in [9.17, 15) is 13.2 Å². The van der Waals surface area contributed by atoms with Crippen LogP contribution in [0.25, 0.3) is 6.08 Å². The summed E-state index contributed by atoms with van der Waals surface area (Å²) in [4.78, 5) is 11.4. The molecule has 1 heterocycles. The average Bonchev–Trinajstić information content (AvgIpc) is 2.58. The summed E-state index contributed by atoms with van der Waals surface area (Å²) in [6.45, 7) is 5.32. The van der Waals surface area contributed by atoms with E-state index < -0.39 is 15.9 Å². The molecule has 1 aromatic rings. The van der Waals surface area contributed by atoms with E-state index in [2.05, 4.69) is 0 Å². The Kier molecular flexibility index (Phi) is 4.72. The molecule has 0 unspecified atom stereocenters. The largest absolute Gasteiger partial charge is 0.462 e. The van der Waals surface area contributed by atoms with Crippen LogP contribution in [0.1, 0.15) is 25.4 Å². The van der Waals surface area contributed by atoms with Gasteiger partial charge in [-0.25, -0.2) is 13.1 Å². The maximum absolute atomic E-state index is 11.5. The van der Waals surface area contributed by atoms with Gasteiger partial charge in [-0.2, -0.15) is 0 Å². The van der Waals surface area contributed by atoms with Crippen LogP contribution in [0.3, 0.4) is 0 Å². The Morgan fingerprint density at radius 3 is 2.61 bits per heavy atom. The Labute approximate surface area is 107 Å². The van der Waals surface area contributed by atoms with Crippen molar-refractivity contribution in [2.45, 2.75) is 20.8 Å². The third kappa shape index (κ3) is 5.18. The van der Waals surface area contributed by atoms with Gasteiger partial charge in [0.1, 0.15) is 11.5 Å². The number of hydrogen-bond donors (Lipinski definition) is 1. The van der Waals surface area contributed by atoms with Crippen LogP contribution in [0.2, 0.25) is 0 Å². The van der Waals surface area contributed by atoms with E-state index in [4.69, 9.17) is 4.42 Å². The van der Waals surface area contributed by atoms with E-state index in [-0.39, 0.29) is 11.7 Å². The first kappa shape index (κ1) is 14.5. The predicted molar refractivity (Wildman–Crippen MR) is 69.2 cm³/mol. The molecule has 1 rings (SSSR count). The molecular weight excluding hydrogens is 254 g/mol. The van der Waals surface area contributed by atoms with Crippen LogP contribution in [0.5, 0.6) is 0 Å². The second kappa shape index (κ2) is 5.86. The third-order valence-corrected chi connectivity index (χ3v) is 3.59. The van der Waals surface area contributed by atoms with Crippen molar-refractivity contribution >= 4 is 22.0 Å². The molecule has 0 saturated heterocycles. The van der Waals surface area contributed by atoms with Crippen LogP contribution in [-0.4, -0.2) is 20.1 Å². The van der Waals surface area contributed by atoms with Gasteiger partial charge in [-0.3, -0.25) is 4.79 Å². The van der Waals surface area contributed by atoms with E-state index in [0.717, 1.165) is 11.8 Å². The molecule has 6 heteroatoms. The number of aryl methyl sites for hydroxylation is 1. The normalized spacial score (nSPS) is 12.2. The molecule has 1 amide bonds. The number of amides is 1. The fourth-order valence-corrected chi connectivity index (χ4v) is 2.70. The molecule has 0 radical (unpaired) electrons. The van der Waals surface area contributed by atoms with E-state index in [1.54, 1.807) is 32.9 Å². The number of carbonyl (C=O) groups is 1. The number of nitrogens with one attached hydrogen (secondary N) is 1. The second-order valence-electron chi connectivity index (χ2n) is 4.42. The smallest absolute Gasteiger partial charge is 0.257 e. The molecule has 1 N–H and O–H groups in total. The lowest BCUT2D eigenvalue weighted by atomic mass is 10.3. The van der Waals surface area contributed by atoms with Crippen molar-refractivity contribution in [2.24, 2.45) is 5.92 Å². The molecule has 0 aromatic carbocycles. The van der Waals surface area contributed by atoms with Gasteiger partial charge in [-0.1, -0.05) is 13.8 Å². The van der Waals surface area contributed by atoms with E-state index in [0.29, 0.717) is 5.76 Å². The minimum atomic E-state index is -3.56. The molecule has 0 bridgehead atoms. The molecular formula is C12H17NO4S. The standard InChI is InChI=1S/C12H17NO4S/c1-9(2)8-18(15,16)13-12(14)7-6-11-5-4-10(3)17-11/h4-7,9H,8H2,1-3H3,(H,13,14). The van der Waals surface area contributed by atoms with Gasteiger partial charge in [0, 0.05) is 6.08 Å². The molecule has 0 fully saturated rings. The summed E-state index contributed by atoms with van der Waals surface area (Å²) in [5.41, 5.74) is 0. The molecule has 0 spiro atoms. The zero-order valence-corrected chi connectivity index (χ0v) is 11.5. The van der Waals surface area contributed by atoms with Gasteiger partial charge >= 0.3 is 0 Å². The molecule has 0 aliphatic rings. The Hall–Kier alpha value is -1.56. The Bertz CT molecular complexity index is 540. The highest BCUT2D eigenvalue weighted by Gasteiger charge is 2.14. The fourth-order valence-electron chi connectivity index (χ4n) is 1.37. The Morgan fingerprint density at radius 2 is 2.11 bits per heavy atom. The first-order valence-electron chi connectivity index (χ1n) is 5.57. The van der Waals surface area contributed by atoms with Crippen molar-refractivity contribution in [3.63, 3.8) is 0 Å².